The topological polar surface area (TPSA) is 125 Å². The minimum Gasteiger partial charge on any atom is -0.384 e. The molecule has 0 amide bonds. The van der Waals surface area contributed by atoms with E-state index in [4.69, 9.17) is 5.73 Å². The van der Waals surface area contributed by atoms with Crippen LogP contribution in [-0.4, -0.2) is 38.0 Å². The van der Waals surface area contributed by atoms with E-state index < -0.39 is 0 Å². The molecule has 3 heterocycles. The van der Waals surface area contributed by atoms with Crippen LogP contribution in [0.15, 0.2) is 59.5 Å². The fourth-order valence-corrected chi connectivity index (χ4v) is 5.08. The van der Waals surface area contributed by atoms with Crippen LogP contribution >= 0.6 is 0 Å². The number of nitrogen functional groups attached to an aromatic ring is 1. The molecule has 0 saturated heterocycles. The lowest BCUT2D eigenvalue weighted by molar-refractivity contribution is 0.340. The van der Waals surface area contributed by atoms with Crippen LogP contribution in [0.25, 0.3) is 11.2 Å². The SMILES string of the molecule is Nc1cc(C(CCN[C@H]2CC[C@@H](c3ccc(=O)[nH]c3)CC2)c2ccccc2)c2nn[nH]c2n1. The van der Waals surface area contributed by atoms with Gasteiger partial charge in [0.1, 0.15) is 11.3 Å². The molecule has 8 heteroatoms. The molecule has 0 bridgehead atoms. The van der Waals surface area contributed by atoms with E-state index in [0.717, 1.165) is 49.7 Å². The number of nitrogens with one attached hydrogen (secondary N) is 3. The Balaban J connectivity index is 1.25. The summed E-state index contributed by atoms with van der Waals surface area (Å²) in [6, 6.07) is 16.5. The molecular weight excluding hydrogens is 414 g/mol. The Morgan fingerprint density at radius 2 is 1.91 bits per heavy atom. The predicted molar refractivity (Wildman–Crippen MR) is 129 cm³/mol. The second-order valence-corrected chi connectivity index (χ2v) is 8.89. The van der Waals surface area contributed by atoms with Crippen molar-refractivity contribution in [2.24, 2.45) is 0 Å². The van der Waals surface area contributed by atoms with Gasteiger partial charge in [-0.05, 0) is 67.3 Å². The summed E-state index contributed by atoms with van der Waals surface area (Å²) in [7, 11) is 0. The molecule has 5 rings (SSSR count). The van der Waals surface area contributed by atoms with Crippen LogP contribution in [0.5, 0.6) is 0 Å². The first-order valence-electron chi connectivity index (χ1n) is 11.6. The Labute approximate surface area is 192 Å². The van der Waals surface area contributed by atoms with E-state index in [0.29, 0.717) is 23.4 Å². The number of H-pyrrole nitrogens is 2. The van der Waals surface area contributed by atoms with E-state index in [9.17, 15) is 4.79 Å². The number of hydrogen-bond donors (Lipinski definition) is 4. The highest BCUT2D eigenvalue weighted by molar-refractivity contribution is 5.77. The highest BCUT2D eigenvalue weighted by Crippen LogP contribution is 2.34. The lowest BCUT2D eigenvalue weighted by atomic mass is 9.82. The van der Waals surface area contributed by atoms with Gasteiger partial charge in [-0.25, -0.2) is 10.1 Å². The Bertz CT molecular complexity index is 1240. The standard InChI is InChI=1S/C25H29N7O/c26-22-14-21(24-25(29-22)31-32-30-24)20(17-4-2-1-3-5-17)12-13-27-19-9-6-16(7-10-19)18-8-11-23(33)28-15-18/h1-5,8,11,14-16,19-20,27H,6-7,9-10,12-13H2,(H,28,33)(H3,26,29,30,31,32)/t16-,19+,20?. The molecule has 1 fully saturated rings. The van der Waals surface area contributed by atoms with Crippen LogP contribution in [-0.2, 0) is 0 Å². The normalized spacial score (nSPS) is 19.5. The number of benzene rings is 1. The monoisotopic (exact) mass is 443 g/mol. The summed E-state index contributed by atoms with van der Waals surface area (Å²) in [5.74, 6) is 1.14. The lowest BCUT2D eigenvalue weighted by Crippen LogP contribution is -2.34. The first-order valence-corrected chi connectivity index (χ1v) is 11.6. The predicted octanol–water partition coefficient (Wildman–Crippen LogP) is 3.46. The van der Waals surface area contributed by atoms with Crippen molar-refractivity contribution in [1.29, 1.82) is 0 Å². The molecule has 5 N–H and O–H groups in total. The Morgan fingerprint density at radius 3 is 2.67 bits per heavy atom. The van der Waals surface area contributed by atoms with E-state index in [1.165, 1.54) is 11.1 Å². The van der Waals surface area contributed by atoms with Gasteiger partial charge in [0, 0.05) is 24.2 Å². The van der Waals surface area contributed by atoms with E-state index >= 15 is 0 Å². The van der Waals surface area contributed by atoms with Crippen LogP contribution < -0.4 is 16.6 Å². The minimum absolute atomic E-state index is 0.0408. The first kappa shape index (κ1) is 21.3. The number of anilines is 1. The third-order valence-corrected chi connectivity index (χ3v) is 6.80. The Morgan fingerprint density at radius 1 is 1.09 bits per heavy atom. The summed E-state index contributed by atoms with van der Waals surface area (Å²) in [4.78, 5) is 18.5. The number of aromatic nitrogens is 5. The van der Waals surface area contributed by atoms with E-state index in [2.05, 4.69) is 55.0 Å². The minimum atomic E-state index is -0.0408. The first-order chi connectivity index (χ1) is 16.2. The number of nitrogens with zero attached hydrogens (tertiary/aromatic N) is 3. The summed E-state index contributed by atoms with van der Waals surface area (Å²) in [6.07, 6.45) is 7.33. The molecular formula is C25H29N7O. The molecule has 1 saturated carbocycles. The summed E-state index contributed by atoms with van der Waals surface area (Å²) < 4.78 is 0. The van der Waals surface area contributed by atoms with Gasteiger partial charge < -0.3 is 16.0 Å². The fraction of sp³-hybridized carbons (Fsp3) is 0.360. The van der Waals surface area contributed by atoms with Crippen LogP contribution in [0.1, 0.15) is 60.6 Å². The van der Waals surface area contributed by atoms with Crippen molar-refractivity contribution in [3.63, 3.8) is 0 Å². The summed E-state index contributed by atoms with van der Waals surface area (Å²) in [5.41, 5.74) is 11.0. The lowest BCUT2D eigenvalue weighted by Gasteiger charge is -2.30. The molecule has 3 aromatic heterocycles. The molecule has 0 radical (unpaired) electrons. The zero-order valence-electron chi connectivity index (χ0n) is 18.5. The van der Waals surface area contributed by atoms with Gasteiger partial charge in [-0.3, -0.25) is 4.79 Å². The molecule has 1 aliphatic carbocycles. The molecule has 0 spiro atoms. The maximum absolute atomic E-state index is 11.3. The number of pyridine rings is 2. The maximum atomic E-state index is 11.3. The third kappa shape index (κ3) is 4.80. The zero-order valence-corrected chi connectivity index (χ0v) is 18.5. The van der Waals surface area contributed by atoms with Crippen molar-refractivity contribution in [1.82, 2.24) is 30.7 Å². The fourth-order valence-electron chi connectivity index (χ4n) is 5.08. The summed E-state index contributed by atoms with van der Waals surface area (Å²) in [5, 5.41) is 14.9. The molecule has 1 aromatic carbocycles. The van der Waals surface area contributed by atoms with Crippen molar-refractivity contribution in [2.75, 3.05) is 12.3 Å². The van der Waals surface area contributed by atoms with Crippen molar-refractivity contribution in [3.05, 3.63) is 81.8 Å². The summed E-state index contributed by atoms with van der Waals surface area (Å²) >= 11 is 0. The van der Waals surface area contributed by atoms with Crippen LogP contribution in [0.4, 0.5) is 5.82 Å². The average molecular weight is 444 g/mol. The number of hydrogen-bond acceptors (Lipinski definition) is 6. The number of nitrogens with two attached hydrogens (primary N) is 1. The highest BCUT2D eigenvalue weighted by Gasteiger charge is 2.24. The van der Waals surface area contributed by atoms with Gasteiger partial charge in [-0.2, -0.15) is 0 Å². The van der Waals surface area contributed by atoms with Gasteiger partial charge in [0.25, 0.3) is 0 Å². The van der Waals surface area contributed by atoms with Crippen molar-refractivity contribution >= 4 is 17.0 Å². The van der Waals surface area contributed by atoms with Gasteiger partial charge in [0.15, 0.2) is 5.65 Å². The van der Waals surface area contributed by atoms with Crippen molar-refractivity contribution < 1.29 is 0 Å². The highest BCUT2D eigenvalue weighted by atomic mass is 16.1. The number of rotatable bonds is 7. The smallest absolute Gasteiger partial charge is 0.247 e. The van der Waals surface area contributed by atoms with E-state index in [-0.39, 0.29) is 11.5 Å². The average Bonchev–Trinajstić information content (AvgIpc) is 3.31. The molecule has 8 nitrogen and oxygen atoms in total. The van der Waals surface area contributed by atoms with Gasteiger partial charge >= 0.3 is 0 Å². The summed E-state index contributed by atoms with van der Waals surface area (Å²) in [6.45, 7) is 0.898. The second-order valence-electron chi connectivity index (χ2n) is 8.89. The molecule has 33 heavy (non-hydrogen) atoms. The molecule has 1 atom stereocenters. The Kier molecular flexibility index (Phi) is 6.17. The molecule has 170 valence electrons. The van der Waals surface area contributed by atoms with Crippen molar-refractivity contribution in [3.8, 4) is 0 Å². The molecule has 0 aliphatic heterocycles. The third-order valence-electron chi connectivity index (χ3n) is 6.80. The van der Waals surface area contributed by atoms with E-state index in [1.54, 1.807) is 6.07 Å². The van der Waals surface area contributed by atoms with Crippen LogP contribution in [0, 0.1) is 0 Å². The van der Waals surface area contributed by atoms with Gasteiger partial charge in [-0.15, -0.1) is 5.10 Å². The largest absolute Gasteiger partial charge is 0.384 e. The quantitative estimate of drug-likeness (QED) is 0.347. The van der Waals surface area contributed by atoms with Crippen LogP contribution in [0.2, 0.25) is 0 Å². The molecule has 4 aromatic rings. The van der Waals surface area contributed by atoms with Gasteiger partial charge in [0.05, 0.1) is 0 Å². The maximum Gasteiger partial charge on any atom is 0.247 e. The molecule has 1 unspecified atom stereocenters. The zero-order chi connectivity index (χ0) is 22.6. The molecule has 1 aliphatic rings. The van der Waals surface area contributed by atoms with Crippen LogP contribution in [0.3, 0.4) is 0 Å². The number of fused-ring (bicyclic) bond motifs is 1. The van der Waals surface area contributed by atoms with Gasteiger partial charge in [-0.1, -0.05) is 41.6 Å². The second kappa shape index (κ2) is 9.54. The van der Waals surface area contributed by atoms with E-state index in [1.807, 2.05) is 24.4 Å². The Hall–Kier alpha value is -3.52. The van der Waals surface area contributed by atoms with Crippen molar-refractivity contribution in [2.45, 2.75) is 50.0 Å². The van der Waals surface area contributed by atoms with Gasteiger partial charge in [0.2, 0.25) is 5.56 Å². The number of aromatic amines is 2.